The Labute approximate surface area is 320 Å². The fraction of sp³-hybridized carbons (Fsp3) is 0.472. The lowest BCUT2D eigenvalue weighted by molar-refractivity contribution is -0.393. The zero-order valence-corrected chi connectivity index (χ0v) is 30.5. The fourth-order valence-corrected chi connectivity index (χ4v) is 4.58. The van der Waals surface area contributed by atoms with Crippen molar-refractivity contribution < 1.29 is 65.7 Å². The number of hydrogen-bond donors (Lipinski definition) is 2. The summed E-state index contributed by atoms with van der Waals surface area (Å²) in [6.45, 7) is 4.84. The molecule has 0 aliphatic carbocycles. The van der Waals surface area contributed by atoms with Crippen LogP contribution < -0.4 is 10.6 Å². The van der Waals surface area contributed by atoms with Crippen LogP contribution in [0.25, 0.3) is 0 Å². The summed E-state index contributed by atoms with van der Waals surface area (Å²) in [5.41, 5.74) is -0.737. The second kappa shape index (κ2) is 26.0. The van der Waals surface area contributed by atoms with Crippen LogP contribution in [0.15, 0.2) is 66.7 Å². The predicted octanol–water partition coefficient (Wildman–Crippen LogP) is 5.65. The summed E-state index contributed by atoms with van der Waals surface area (Å²) in [6, 6.07) is 14.4. The number of anilines is 3. The van der Waals surface area contributed by atoms with Gasteiger partial charge in [0.15, 0.2) is 0 Å². The first-order valence-electron chi connectivity index (χ1n) is 17.5. The molecule has 3 aromatic carbocycles. The number of carbonyl (C=O) groups is 1. The number of nitrogens with zero attached hydrogens (tertiary/aromatic N) is 2. The van der Waals surface area contributed by atoms with E-state index in [0.717, 1.165) is 18.2 Å². The number of para-hydroxylation sites is 1. The molecule has 0 aliphatic heterocycles. The zero-order valence-electron chi connectivity index (χ0n) is 30.5. The Morgan fingerprint density at radius 3 is 1.62 bits per heavy atom. The van der Waals surface area contributed by atoms with Gasteiger partial charge >= 0.3 is 12.1 Å². The van der Waals surface area contributed by atoms with Crippen molar-refractivity contribution in [2.75, 3.05) is 116 Å². The first-order valence-corrected chi connectivity index (χ1v) is 17.5. The van der Waals surface area contributed by atoms with Gasteiger partial charge < -0.3 is 48.5 Å². The fourth-order valence-electron chi connectivity index (χ4n) is 4.58. The molecule has 0 atom stereocenters. The van der Waals surface area contributed by atoms with Crippen LogP contribution >= 0.6 is 0 Å². The van der Waals surface area contributed by atoms with E-state index in [4.69, 9.17) is 37.9 Å². The minimum absolute atomic E-state index is 0.0241. The van der Waals surface area contributed by atoms with Crippen LogP contribution in [0.2, 0.25) is 0 Å². The molecule has 0 amide bonds. The maximum Gasteiger partial charge on any atom is 0.416 e. The Kier molecular flexibility index (Phi) is 21.1. The average molecular weight is 799 g/mol. The molecule has 0 bridgehead atoms. The lowest BCUT2D eigenvalue weighted by Crippen LogP contribution is -2.16. The first kappa shape index (κ1) is 45.4. The van der Waals surface area contributed by atoms with E-state index in [1.807, 2.05) is 0 Å². The minimum Gasteiger partial charge on any atom is -0.460 e. The smallest absolute Gasteiger partial charge is 0.416 e. The molecular formula is C36H45F3N4O13. The van der Waals surface area contributed by atoms with Gasteiger partial charge in [-0.1, -0.05) is 18.2 Å². The zero-order chi connectivity index (χ0) is 40.4. The van der Waals surface area contributed by atoms with Gasteiger partial charge in [-0.25, -0.2) is 4.79 Å². The average Bonchev–Trinajstić information content (AvgIpc) is 3.17. The van der Waals surface area contributed by atoms with Crippen LogP contribution in [0, 0.1) is 20.2 Å². The Morgan fingerprint density at radius 2 is 1.11 bits per heavy atom. The Morgan fingerprint density at radius 1 is 0.589 bits per heavy atom. The van der Waals surface area contributed by atoms with Crippen molar-refractivity contribution in [1.82, 2.24) is 0 Å². The number of ether oxygens (including phenoxy) is 8. The monoisotopic (exact) mass is 798 g/mol. The van der Waals surface area contributed by atoms with Crippen LogP contribution in [0.4, 0.5) is 41.6 Å². The first-order chi connectivity index (χ1) is 27.1. The SMILES string of the molecule is O=C(OCCOCCOCCOCCOCCOCCOCCOCCNc1ccc([N+](=O)[O-])cc1[N+](=O)[O-])c1ccccc1Nc1cccc(C(F)(F)F)c1. The summed E-state index contributed by atoms with van der Waals surface area (Å²) < 4.78 is 82.4. The molecule has 2 N–H and O–H groups in total. The van der Waals surface area contributed by atoms with Crippen LogP contribution in [0.3, 0.4) is 0 Å². The van der Waals surface area contributed by atoms with Crippen LogP contribution in [0.1, 0.15) is 15.9 Å². The maximum atomic E-state index is 13.0. The van der Waals surface area contributed by atoms with E-state index in [1.165, 1.54) is 30.3 Å². The molecule has 0 radical (unpaired) electrons. The number of carbonyl (C=O) groups excluding carboxylic acids is 1. The third kappa shape index (κ3) is 18.1. The van der Waals surface area contributed by atoms with Gasteiger partial charge in [-0.05, 0) is 36.4 Å². The van der Waals surface area contributed by atoms with Gasteiger partial charge in [0.2, 0.25) is 0 Å². The lowest BCUT2D eigenvalue weighted by atomic mass is 10.1. The third-order valence-corrected chi connectivity index (χ3v) is 7.26. The topological polar surface area (TPSA) is 201 Å². The number of alkyl halides is 3. The highest BCUT2D eigenvalue weighted by molar-refractivity contribution is 5.96. The second-order valence-corrected chi connectivity index (χ2v) is 11.3. The van der Waals surface area contributed by atoms with Crippen molar-refractivity contribution in [3.8, 4) is 0 Å². The van der Waals surface area contributed by atoms with Crippen molar-refractivity contribution in [1.29, 1.82) is 0 Å². The Hall–Kier alpha value is -4.96. The normalized spacial score (nSPS) is 11.3. The number of benzene rings is 3. The largest absolute Gasteiger partial charge is 0.460 e. The van der Waals surface area contributed by atoms with Crippen molar-refractivity contribution in [3.05, 3.63) is 98.1 Å². The Balaban J connectivity index is 1.06. The van der Waals surface area contributed by atoms with E-state index < -0.39 is 27.6 Å². The van der Waals surface area contributed by atoms with E-state index in [-0.39, 0.29) is 61.3 Å². The van der Waals surface area contributed by atoms with Crippen molar-refractivity contribution in [2.45, 2.75) is 6.18 Å². The molecule has 17 nitrogen and oxygen atoms in total. The lowest BCUT2D eigenvalue weighted by Gasteiger charge is -2.13. The molecular weight excluding hydrogens is 753 g/mol. The summed E-state index contributed by atoms with van der Waals surface area (Å²) in [5.74, 6) is -0.648. The minimum atomic E-state index is -4.49. The van der Waals surface area contributed by atoms with Gasteiger partial charge in [0.1, 0.15) is 12.3 Å². The summed E-state index contributed by atoms with van der Waals surface area (Å²) in [6.07, 6.45) is -4.49. The Bertz CT molecular complexity index is 1640. The molecule has 0 aromatic heterocycles. The number of esters is 1. The number of nitro groups is 2. The van der Waals surface area contributed by atoms with Gasteiger partial charge in [0.25, 0.3) is 11.4 Å². The molecule has 0 saturated carbocycles. The molecule has 0 aliphatic rings. The highest BCUT2D eigenvalue weighted by atomic mass is 19.4. The second-order valence-electron chi connectivity index (χ2n) is 11.3. The quantitative estimate of drug-likeness (QED) is 0.0362. The molecule has 0 spiro atoms. The van der Waals surface area contributed by atoms with Crippen LogP contribution in [-0.2, 0) is 44.1 Å². The van der Waals surface area contributed by atoms with Crippen LogP contribution in [0.5, 0.6) is 0 Å². The number of rotatable bonds is 30. The van der Waals surface area contributed by atoms with E-state index in [2.05, 4.69) is 10.6 Å². The molecule has 3 aromatic rings. The number of halogens is 3. The summed E-state index contributed by atoms with van der Waals surface area (Å²) >= 11 is 0. The summed E-state index contributed by atoms with van der Waals surface area (Å²) in [5, 5.41) is 27.7. The maximum absolute atomic E-state index is 13.0. The molecule has 0 saturated heterocycles. The van der Waals surface area contributed by atoms with E-state index >= 15 is 0 Å². The highest BCUT2D eigenvalue weighted by Crippen LogP contribution is 2.32. The molecule has 0 heterocycles. The molecule has 20 heteroatoms. The highest BCUT2D eigenvalue weighted by Gasteiger charge is 2.30. The van der Waals surface area contributed by atoms with Gasteiger partial charge in [0.05, 0.1) is 125 Å². The van der Waals surface area contributed by atoms with E-state index in [9.17, 15) is 38.2 Å². The number of hydrogen-bond acceptors (Lipinski definition) is 15. The van der Waals surface area contributed by atoms with Gasteiger partial charge in [-0.15, -0.1) is 0 Å². The molecule has 3 rings (SSSR count). The molecule has 0 fully saturated rings. The molecule has 0 unspecified atom stereocenters. The van der Waals surface area contributed by atoms with E-state index in [0.29, 0.717) is 78.4 Å². The third-order valence-electron chi connectivity index (χ3n) is 7.26. The summed E-state index contributed by atoms with van der Waals surface area (Å²) in [7, 11) is 0. The molecule has 308 valence electrons. The van der Waals surface area contributed by atoms with E-state index in [1.54, 1.807) is 18.2 Å². The number of nitro benzene ring substituents is 2. The van der Waals surface area contributed by atoms with Gasteiger partial charge in [-0.3, -0.25) is 20.2 Å². The van der Waals surface area contributed by atoms with Crippen molar-refractivity contribution >= 4 is 34.4 Å². The van der Waals surface area contributed by atoms with Crippen LogP contribution in [-0.4, -0.2) is 121 Å². The van der Waals surface area contributed by atoms with Crippen molar-refractivity contribution in [3.63, 3.8) is 0 Å². The number of non-ortho nitro benzene ring substituents is 1. The molecule has 56 heavy (non-hydrogen) atoms. The number of nitrogens with one attached hydrogen (secondary N) is 2. The van der Waals surface area contributed by atoms with Gasteiger partial charge in [-0.2, -0.15) is 13.2 Å². The standard InChI is InChI=1S/C36H45F3N4O13/c37-36(38,39)28-4-3-5-29(26-28)41-32-7-2-1-6-31(32)35(44)56-25-24-55-23-22-54-21-20-53-19-18-52-17-16-51-15-14-50-13-12-49-11-10-40-33-9-8-30(42(45)46)27-34(33)43(47)48/h1-9,26-27,40-41H,10-25H2. The van der Waals surface area contributed by atoms with Crippen molar-refractivity contribution in [2.24, 2.45) is 0 Å². The van der Waals surface area contributed by atoms with Gasteiger partial charge in [0, 0.05) is 18.3 Å². The predicted molar refractivity (Wildman–Crippen MR) is 195 cm³/mol. The summed E-state index contributed by atoms with van der Waals surface area (Å²) in [4.78, 5) is 33.2.